The summed E-state index contributed by atoms with van der Waals surface area (Å²) in [6.07, 6.45) is 4.07. The average molecular weight is 327 g/mol. The highest BCUT2D eigenvalue weighted by Gasteiger charge is 2.11. The van der Waals surface area contributed by atoms with Crippen LogP contribution in [0.1, 0.15) is 16.7 Å². The molecule has 2 aromatic rings. The molecule has 0 saturated carbocycles. The Kier molecular flexibility index (Phi) is 4.18. The number of amides is 1. The van der Waals surface area contributed by atoms with Crippen LogP contribution in [0.15, 0.2) is 40.1 Å². The van der Waals surface area contributed by atoms with Crippen LogP contribution in [0.4, 0.5) is 5.69 Å². The first-order valence-electron chi connectivity index (χ1n) is 7.41. The second kappa shape index (κ2) is 6.29. The van der Waals surface area contributed by atoms with Gasteiger partial charge in [0.25, 0.3) is 5.56 Å². The minimum atomic E-state index is -0.447. The highest BCUT2D eigenvalue weighted by Crippen LogP contribution is 2.23. The highest BCUT2D eigenvalue weighted by atomic mass is 16.5. The number of aromatic nitrogens is 2. The van der Waals surface area contributed by atoms with Crippen LogP contribution in [0, 0.1) is 0 Å². The predicted molar refractivity (Wildman–Crippen MR) is 89.5 cm³/mol. The maximum atomic E-state index is 12.0. The summed E-state index contributed by atoms with van der Waals surface area (Å²) in [5.74, 6) is -0.357. The molecule has 0 spiro atoms. The van der Waals surface area contributed by atoms with Crippen molar-refractivity contribution in [1.29, 1.82) is 0 Å². The van der Waals surface area contributed by atoms with Gasteiger partial charge in [-0.3, -0.25) is 14.2 Å². The molecule has 1 aliphatic rings. The van der Waals surface area contributed by atoms with Crippen LogP contribution < -0.4 is 16.6 Å². The van der Waals surface area contributed by atoms with Crippen molar-refractivity contribution in [2.45, 2.75) is 13.2 Å². The number of rotatable bonds is 3. The molecule has 7 heteroatoms. The fourth-order valence-corrected chi connectivity index (χ4v) is 2.55. The minimum absolute atomic E-state index is 0.261. The van der Waals surface area contributed by atoms with E-state index in [1.165, 1.54) is 30.0 Å². The summed E-state index contributed by atoms with van der Waals surface area (Å²) in [5.41, 5.74) is 2.25. The molecule has 2 heterocycles. The van der Waals surface area contributed by atoms with Gasteiger partial charge in [0.1, 0.15) is 0 Å². The molecule has 124 valence electrons. The molecule has 0 atom stereocenters. The number of carbonyl (C=O) groups excluding carboxylic acids is 1. The van der Waals surface area contributed by atoms with Gasteiger partial charge in [-0.2, -0.15) is 0 Å². The number of benzene rings is 1. The number of anilines is 1. The topological polar surface area (TPSA) is 82.3 Å². The molecule has 1 aromatic heterocycles. The van der Waals surface area contributed by atoms with Crippen molar-refractivity contribution in [3.05, 3.63) is 68.0 Å². The summed E-state index contributed by atoms with van der Waals surface area (Å²) >= 11 is 0. The predicted octanol–water partition coefficient (Wildman–Crippen LogP) is 0.766. The van der Waals surface area contributed by atoms with Crippen molar-refractivity contribution in [3.63, 3.8) is 0 Å². The molecular formula is C17H17N3O4. The monoisotopic (exact) mass is 327 g/mol. The zero-order valence-electron chi connectivity index (χ0n) is 13.4. The first kappa shape index (κ1) is 15.9. The molecule has 7 nitrogen and oxygen atoms in total. The number of carbonyl (C=O) groups is 1. The normalized spacial score (nSPS) is 13.2. The Labute approximate surface area is 137 Å². The Hall–Kier alpha value is -2.93. The molecule has 0 radical (unpaired) electrons. The molecule has 3 rings (SSSR count). The number of nitrogens with zero attached hydrogens (tertiary/aromatic N) is 2. The molecule has 0 aliphatic carbocycles. The fraction of sp³-hybridized carbons (Fsp3) is 0.235. The van der Waals surface area contributed by atoms with Crippen LogP contribution in [0.5, 0.6) is 0 Å². The summed E-state index contributed by atoms with van der Waals surface area (Å²) in [4.78, 5) is 35.6. The summed E-state index contributed by atoms with van der Waals surface area (Å²) in [6.45, 7) is 1.14. The Morgan fingerprint density at radius 3 is 2.75 bits per heavy atom. The molecule has 1 aliphatic heterocycles. The molecule has 0 fully saturated rings. The third-order valence-corrected chi connectivity index (χ3v) is 3.88. The molecule has 0 unspecified atom stereocenters. The van der Waals surface area contributed by atoms with Crippen molar-refractivity contribution in [2.75, 3.05) is 5.32 Å². The zero-order valence-corrected chi connectivity index (χ0v) is 13.4. The minimum Gasteiger partial charge on any atom is -0.372 e. The van der Waals surface area contributed by atoms with Crippen LogP contribution in [-0.2, 0) is 36.8 Å². The van der Waals surface area contributed by atoms with Gasteiger partial charge in [-0.1, -0.05) is 6.07 Å². The number of aryl methyl sites for hydroxylation is 1. The largest absolute Gasteiger partial charge is 0.372 e. The quantitative estimate of drug-likeness (QED) is 0.844. The average Bonchev–Trinajstić information content (AvgIpc) is 3.02. The van der Waals surface area contributed by atoms with Gasteiger partial charge in [-0.15, -0.1) is 0 Å². The Morgan fingerprint density at radius 2 is 1.96 bits per heavy atom. The second-order valence-corrected chi connectivity index (χ2v) is 5.64. The van der Waals surface area contributed by atoms with Crippen LogP contribution in [-0.4, -0.2) is 15.0 Å². The maximum Gasteiger partial charge on any atom is 0.330 e. The number of nitrogens with one attached hydrogen (secondary N) is 1. The summed E-state index contributed by atoms with van der Waals surface area (Å²) in [6, 6.07) is 5.61. The van der Waals surface area contributed by atoms with E-state index in [1.807, 2.05) is 18.2 Å². The van der Waals surface area contributed by atoms with Crippen molar-refractivity contribution < 1.29 is 9.53 Å². The van der Waals surface area contributed by atoms with Gasteiger partial charge in [0.05, 0.1) is 18.8 Å². The lowest BCUT2D eigenvalue weighted by atomic mass is 10.1. The van der Waals surface area contributed by atoms with Crippen LogP contribution in [0.3, 0.4) is 0 Å². The summed E-state index contributed by atoms with van der Waals surface area (Å²) in [7, 11) is 2.94. The third-order valence-electron chi connectivity index (χ3n) is 3.88. The molecule has 1 aromatic carbocycles. The smallest absolute Gasteiger partial charge is 0.330 e. The van der Waals surface area contributed by atoms with Crippen molar-refractivity contribution in [2.24, 2.45) is 14.1 Å². The van der Waals surface area contributed by atoms with Gasteiger partial charge in [-0.05, 0) is 29.3 Å². The number of hydrogen-bond donors (Lipinski definition) is 1. The first-order valence-corrected chi connectivity index (χ1v) is 7.41. The summed E-state index contributed by atoms with van der Waals surface area (Å²) in [5, 5.41) is 2.74. The van der Waals surface area contributed by atoms with Crippen LogP contribution in [0.2, 0.25) is 0 Å². The van der Waals surface area contributed by atoms with Crippen LogP contribution >= 0.6 is 0 Å². The van der Waals surface area contributed by atoms with Gasteiger partial charge < -0.3 is 14.6 Å². The lowest BCUT2D eigenvalue weighted by molar-refractivity contribution is -0.111. The lowest BCUT2D eigenvalue weighted by Crippen LogP contribution is -2.37. The molecular weight excluding hydrogens is 310 g/mol. The lowest BCUT2D eigenvalue weighted by Gasteiger charge is -2.05. The highest BCUT2D eigenvalue weighted by molar-refractivity contribution is 6.01. The Morgan fingerprint density at radius 1 is 1.21 bits per heavy atom. The molecule has 24 heavy (non-hydrogen) atoms. The Bertz CT molecular complexity index is 953. The van der Waals surface area contributed by atoms with E-state index in [2.05, 4.69) is 5.32 Å². The second-order valence-electron chi connectivity index (χ2n) is 5.64. The van der Waals surface area contributed by atoms with E-state index in [4.69, 9.17) is 4.74 Å². The SMILES string of the molecule is Cn1cc(/C=C/C(=O)Nc2ccc3c(c2)COC3)c(=O)n(C)c1=O. The molecule has 1 N–H and O–H groups in total. The van der Waals surface area contributed by atoms with E-state index in [-0.39, 0.29) is 11.5 Å². The van der Waals surface area contributed by atoms with Crippen molar-refractivity contribution in [1.82, 2.24) is 9.13 Å². The third kappa shape index (κ3) is 3.07. The van der Waals surface area contributed by atoms with Crippen LogP contribution in [0.25, 0.3) is 6.08 Å². The van der Waals surface area contributed by atoms with E-state index >= 15 is 0 Å². The fourth-order valence-electron chi connectivity index (χ4n) is 2.55. The van der Waals surface area contributed by atoms with Gasteiger partial charge in [-0.25, -0.2) is 4.79 Å². The Balaban J connectivity index is 1.77. The van der Waals surface area contributed by atoms with Gasteiger partial charge in [0, 0.05) is 32.1 Å². The molecule has 0 bridgehead atoms. The van der Waals surface area contributed by atoms with Crippen molar-refractivity contribution >= 4 is 17.7 Å². The van der Waals surface area contributed by atoms with Gasteiger partial charge in [0.15, 0.2) is 0 Å². The van der Waals surface area contributed by atoms with Gasteiger partial charge in [0.2, 0.25) is 5.91 Å². The van der Waals surface area contributed by atoms with E-state index in [0.29, 0.717) is 18.9 Å². The number of hydrogen-bond acceptors (Lipinski definition) is 4. The summed E-state index contributed by atoms with van der Waals surface area (Å²) < 4.78 is 7.62. The van der Waals surface area contributed by atoms with E-state index in [1.54, 1.807) is 7.05 Å². The van der Waals surface area contributed by atoms with E-state index in [0.717, 1.165) is 15.7 Å². The zero-order chi connectivity index (χ0) is 17.3. The van der Waals surface area contributed by atoms with E-state index in [9.17, 15) is 14.4 Å². The van der Waals surface area contributed by atoms with Crippen molar-refractivity contribution in [3.8, 4) is 0 Å². The van der Waals surface area contributed by atoms with Gasteiger partial charge >= 0.3 is 5.69 Å². The maximum absolute atomic E-state index is 12.0. The number of fused-ring (bicyclic) bond motifs is 1. The molecule has 0 saturated heterocycles. The number of ether oxygens (including phenoxy) is 1. The van der Waals surface area contributed by atoms with E-state index < -0.39 is 11.2 Å². The standard InChI is InChI=1S/C17H17N3O4/c1-19-8-11(16(22)20(2)17(19)23)4-6-15(21)18-14-5-3-12-9-24-10-13(12)7-14/h3-8H,9-10H2,1-2H3,(H,18,21)/b6-4+. The molecule has 1 amide bonds. The first-order chi connectivity index (χ1) is 11.5.